The van der Waals surface area contributed by atoms with Gasteiger partial charge in [-0.3, -0.25) is 19.6 Å². The van der Waals surface area contributed by atoms with Crippen LogP contribution >= 0.6 is 11.3 Å². The fourth-order valence-corrected chi connectivity index (χ4v) is 2.32. The summed E-state index contributed by atoms with van der Waals surface area (Å²) in [4.78, 5) is 31.8. The van der Waals surface area contributed by atoms with Crippen molar-refractivity contribution in [3.8, 4) is 0 Å². The van der Waals surface area contributed by atoms with E-state index in [-0.39, 0.29) is 11.5 Å². The third kappa shape index (κ3) is 1.91. The molecule has 0 aliphatic heterocycles. The molecule has 3 rings (SSSR count). The largest absolute Gasteiger partial charge is 0.297 e. The summed E-state index contributed by atoms with van der Waals surface area (Å²) < 4.78 is 2.80. The third-order valence-corrected chi connectivity index (χ3v) is 3.34. The number of carbonyl (C=O) groups is 1. The molecule has 0 aliphatic rings. The fraction of sp³-hybridized carbons (Fsp3) is 0.0909. The van der Waals surface area contributed by atoms with Crippen LogP contribution in [0.4, 0.5) is 5.13 Å². The van der Waals surface area contributed by atoms with E-state index in [2.05, 4.69) is 15.3 Å². The first kappa shape index (κ1) is 11.6. The van der Waals surface area contributed by atoms with Gasteiger partial charge in [-0.2, -0.15) is 4.52 Å². The van der Waals surface area contributed by atoms with Gasteiger partial charge in [-0.1, -0.05) is 0 Å². The molecule has 0 bridgehead atoms. The van der Waals surface area contributed by atoms with E-state index in [0.717, 1.165) is 0 Å². The van der Waals surface area contributed by atoms with E-state index in [1.807, 2.05) is 0 Å². The van der Waals surface area contributed by atoms with Crippen LogP contribution in [0.15, 0.2) is 34.7 Å². The number of hydrogen-bond donors (Lipinski definition) is 1. The number of anilines is 1. The molecular formula is C11H9N5O2S. The highest BCUT2D eigenvalue weighted by Gasteiger charge is 2.15. The normalized spacial score (nSPS) is 10.8. The van der Waals surface area contributed by atoms with Crippen molar-refractivity contribution in [3.63, 3.8) is 0 Å². The molecule has 0 aromatic carbocycles. The lowest BCUT2D eigenvalue weighted by Gasteiger charge is -2.03. The average Bonchev–Trinajstić information content (AvgIpc) is 2.98. The summed E-state index contributed by atoms with van der Waals surface area (Å²) in [5, 5.41) is 4.94. The Morgan fingerprint density at radius 2 is 2.21 bits per heavy atom. The zero-order chi connectivity index (χ0) is 13.4. The zero-order valence-corrected chi connectivity index (χ0v) is 10.7. The Kier molecular flexibility index (Phi) is 2.64. The van der Waals surface area contributed by atoms with Gasteiger partial charge in [-0.25, -0.2) is 9.97 Å². The second kappa shape index (κ2) is 4.32. The van der Waals surface area contributed by atoms with E-state index in [9.17, 15) is 9.59 Å². The predicted molar refractivity (Wildman–Crippen MR) is 70.5 cm³/mol. The van der Waals surface area contributed by atoms with Crippen LogP contribution in [0.3, 0.4) is 0 Å². The summed E-state index contributed by atoms with van der Waals surface area (Å²) in [5.74, 6) is -0.331. The number of amides is 1. The topological polar surface area (TPSA) is 81.3 Å². The lowest BCUT2D eigenvalue weighted by molar-refractivity contribution is 0.101. The maximum Gasteiger partial charge on any atom is 0.275 e. The molecule has 0 saturated heterocycles. The van der Waals surface area contributed by atoms with Gasteiger partial charge < -0.3 is 0 Å². The van der Waals surface area contributed by atoms with Crippen molar-refractivity contribution < 1.29 is 4.79 Å². The van der Waals surface area contributed by atoms with Gasteiger partial charge >= 0.3 is 0 Å². The van der Waals surface area contributed by atoms with Crippen molar-refractivity contribution in [1.29, 1.82) is 0 Å². The van der Waals surface area contributed by atoms with E-state index >= 15 is 0 Å². The van der Waals surface area contributed by atoms with E-state index in [1.54, 1.807) is 24.7 Å². The minimum Gasteiger partial charge on any atom is -0.297 e. The van der Waals surface area contributed by atoms with Crippen molar-refractivity contribution in [2.75, 3.05) is 5.32 Å². The summed E-state index contributed by atoms with van der Waals surface area (Å²) in [6, 6.07) is 2.90. The van der Waals surface area contributed by atoms with Crippen LogP contribution in [-0.2, 0) is 7.05 Å². The first-order chi connectivity index (χ1) is 9.16. The van der Waals surface area contributed by atoms with E-state index in [1.165, 1.54) is 32.8 Å². The standard InChI is InChI=1S/C11H9N5O2S/c1-15-7(10(18)14-11-13-4-5-19-11)6-8-12-3-2-9(17)16(8)15/h2-6H,1H3,(H,13,14,18). The second-order valence-electron chi connectivity index (χ2n) is 3.80. The lowest BCUT2D eigenvalue weighted by Crippen LogP contribution is -2.22. The molecule has 96 valence electrons. The summed E-state index contributed by atoms with van der Waals surface area (Å²) in [6.07, 6.45) is 3.02. The fourth-order valence-electron chi connectivity index (χ4n) is 1.80. The minimum atomic E-state index is -0.331. The van der Waals surface area contributed by atoms with Crippen molar-refractivity contribution in [2.24, 2.45) is 7.05 Å². The van der Waals surface area contributed by atoms with Gasteiger partial charge in [0.25, 0.3) is 11.5 Å². The number of nitrogens with zero attached hydrogens (tertiary/aromatic N) is 4. The maximum absolute atomic E-state index is 12.1. The first-order valence-corrected chi connectivity index (χ1v) is 6.29. The number of fused-ring (bicyclic) bond motifs is 1. The van der Waals surface area contributed by atoms with Crippen LogP contribution in [0.2, 0.25) is 0 Å². The van der Waals surface area contributed by atoms with Gasteiger partial charge in [0.2, 0.25) is 0 Å². The highest BCUT2D eigenvalue weighted by molar-refractivity contribution is 7.13. The molecule has 1 N–H and O–H groups in total. The smallest absolute Gasteiger partial charge is 0.275 e. The summed E-state index contributed by atoms with van der Waals surface area (Å²) in [6.45, 7) is 0. The Labute approximate surface area is 111 Å². The van der Waals surface area contributed by atoms with Crippen LogP contribution in [-0.4, -0.2) is 25.1 Å². The zero-order valence-electron chi connectivity index (χ0n) is 9.90. The van der Waals surface area contributed by atoms with Crippen molar-refractivity contribution in [1.82, 2.24) is 19.2 Å². The molecule has 1 amide bonds. The maximum atomic E-state index is 12.1. The summed E-state index contributed by atoms with van der Waals surface area (Å²) >= 11 is 1.33. The molecule has 0 saturated carbocycles. The quantitative estimate of drug-likeness (QED) is 0.748. The predicted octanol–water partition coefficient (Wildman–Crippen LogP) is 0.742. The molecule has 3 aromatic rings. The SMILES string of the molecule is Cn1c(C(=O)Nc2nccs2)cc2nccc(=O)n21. The molecule has 0 unspecified atom stereocenters. The summed E-state index contributed by atoms with van der Waals surface area (Å²) in [7, 11) is 1.63. The van der Waals surface area contributed by atoms with E-state index in [4.69, 9.17) is 0 Å². The molecule has 0 fully saturated rings. The van der Waals surface area contributed by atoms with Gasteiger partial charge in [0.05, 0.1) is 0 Å². The third-order valence-electron chi connectivity index (χ3n) is 2.65. The number of aromatic nitrogens is 4. The van der Waals surface area contributed by atoms with Crippen LogP contribution in [0.1, 0.15) is 10.5 Å². The van der Waals surface area contributed by atoms with Crippen LogP contribution < -0.4 is 10.9 Å². The number of nitrogens with one attached hydrogen (secondary N) is 1. The summed E-state index contributed by atoms with van der Waals surface area (Å²) in [5.41, 5.74) is 0.533. The molecule has 0 atom stereocenters. The number of rotatable bonds is 2. The van der Waals surface area contributed by atoms with Gasteiger partial charge in [-0.05, 0) is 0 Å². The molecular weight excluding hydrogens is 266 g/mol. The molecule has 7 nitrogen and oxygen atoms in total. The van der Waals surface area contributed by atoms with Crippen molar-refractivity contribution in [2.45, 2.75) is 0 Å². The van der Waals surface area contributed by atoms with E-state index < -0.39 is 0 Å². The minimum absolute atomic E-state index is 0.235. The molecule has 0 spiro atoms. The Balaban J connectivity index is 2.06. The molecule has 3 aromatic heterocycles. The average molecular weight is 275 g/mol. The van der Waals surface area contributed by atoms with Gasteiger partial charge in [0.15, 0.2) is 10.8 Å². The molecule has 3 heterocycles. The van der Waals surface area contributed by atoms with Gasteiger partial charge in [-0.15, -0.1) is 11.3 Å². The Bertz CT molecular complexity index is 802. The van der Waals surface area contributed by atoms with Crippen LogP contribution in [0, 0.1) is 0 Å². The monoisotopic (exact) mass is 275 g/mol. The number of thiazole rings is 1. The number of carbonyl (C=O) groups excluding carboxylic acids is 1. The van der Waals surface area contributed by atoms with Gasteiger partial charge in [0, 0.05) is 37.0 Å². The number of hydrogen-bond acceptors (Lipinski definition) is 5. The van der Waals surface area contributed by atoms with E-state index in [0.29, 0.717) is 16.5 Å². The first-order valence-electron chi connectivity index (χ1n) is 5.41. The number of aryl methyl sites for hydroxylation is 1. The van der Waals surface area contributed by atoms with Crippen LogP contribution in [0.5, 0.6) is 0 Å². The Morgan fingerprint density at radius 1 is 1.37 bits per heavy atom. The second-order valence-corrected chi connectivity index (χ2v) is 4.69. The molecule has 0 radical (unpaired) electrons. The molecule has 19 heavy (non-hydrogen) atoms. The lowest BCUT2D eigenvalue weighted by atomic mass is 10.4. The highest BCUT2D eigenvalue weighted by Crippen LogP contribution is 2.13. The Morgan fingerprint density at radius 3 is 2.89 bits per heavy atom. The highest BCUT2D eigenvalue weighted by atomic mass is 32.1. The molecule has 0 aliphatic carbocycles. The molecule has 8 heteroatoms. The van der Waals surface area contributed by atoms with Crippen molar-refractivity contribution >= 4 is 28.0 Å². The van der Waals surface area contributed by atoms with Gasteiger partial charge in [0.1, 0.15) is 5.69 Å². The van der Waals surface area contributed by atoms with Crippen LogP contribution in [0.25, 0.3) is 5.65 Å². The Hall–Kier alpha value is -2.48. The van der Waals surface area contributed by atoms with Crippen molar-refractivity contribution in [3.05, 3.63) is 46.0 Å².